The molecular formula is C18H26FNO4. The summed E-state index contributed by atoms with van der Waals surface area (Å²) in [6.45, 7) is 4.40. The molecule has 1 fully saturated rings. The van der Waals surface area contributed by atoms with E-state index in [2.05, 4.69) is 0 Å². The van der Waals surface area contributed by atoms with Crippen molar-refractivity contribution in [3.8, 4) is 5.75 Å². The summed E-state index contributed by atoms with van der Waals surface area (Å²) in [6.07, 6.45) is 1.70. The predicted octanol–water partition coefficient (Wildman–Crippen LogP) is 2.81. The first-order valence-corrected chi connectivity index (χ1v) is 8.51. The molecule has 0 aromatic heterocycles. The molecule has 5 nitrogen and oxygen atoms in total. The molecule has 1 heterocycles. The first-order chi connectivity index (χ1) is 11.5. The minimum atomic E-state index is -0.621. The second-order valence-electron chi connectivity index (χ2n) is 6.13. The molecule has 2 rings (SSSR count). The smallest absolute Gasteiger partial charge is 0.323 e. The molecule has 4 atom stereocenters. The predicted molar refractivity (Wildman–Crippen MR) is 88.2 cm³/mol. The number of carbonyl (C=O) groups is 1. The van der Waals surface area contributed by atoms with E-state index in [1.54, 1.807) is 19.1 Å². The normalized spacial score (nSPS) is 28.4. The highest BCUT2D eigenvalue weighted by atomic mass is 19.1. The lowest BCUT2D eigenvalue weighted by Crippen LogP contribution is -2.45. The van der Waals surface area contributed by atoms with Gasteiger partial charge < -0.3 is 19.9 Å². The molecule has 6 heteroatoms. The maximum absolute atomic E-state index is 13.1. The molecule has 1 aromatic carbocycles. The third-order valence-electron chi connectivity index (χ3n) is 4.06. The van der Waals surface area contributed by atoms with Crippen molar-refractivity contribution in [2.24, 2.45) is 5.73 Å². The van der Waals surface area contributed by atoms with Gasteiger partial charge in [0.1, 0.15) is 23.7 Å². The highest BCUT2D eigenvalue weighted by Crippen LogP contribution is 2.24. The van der Waals surface area contributed by atoms with E-state index in [1.165, 1.54) is 12.1 Å². The highest BCUT2D eigenvalue weighted by molar-refractivity contribution is 5.75. The minimum absolute atomic E-state index is 0.219. The Morgan fingerprint density at radius 2 is 2.00 bits per heavy atom. The number of hydrogen-bond acceptors (Lipinski definition) is 5. The van der Waals surface area contributed by atoms with Crippen molar-refractivity contribution in [2.45, 2.75) is 63.9 Å². The summed E-state index contributed by atoms with van der Waals surface area (Å²) in [6, 6.07) is 5.15. The second kappa shape index (κ2) is 8.99. The van der Waals surface area contributed by atoms with Crippen LogP contribution in [0.3, 0.4) is 0 Å². The monoisotopic (exact) mass is 339 g/mol. The van der Waals surface area contributed by atoms with Gasteiger partial charge in [0.05, 0.1) is 6.10 Å². The Bertz CT molecular complexity index is 522. The van der Waals surface area contributed by atoms with E-state index in [9.17, 15) is 9.18 Å². The first kappa shape index (κ1) is 18.7. The molecule has 2 N–H and O–H groups in total. The summed E-state index contributed by atoms with van der Waals surface area (Å²) >= 11 is 0. The molecule has 0 radical (unpaired) electrons. The molecule has 0 amide bonds. The van der Waals surface area contributed by atoms with Gasteiger partial charge in [0.15, 0.2) is 6.10 Å². The van der Waals surface area contributed by atoms with Gasteiger partial charge in [0, 0.05) is 6.61 Å². The third kappa shape index (κ3) is 5.18. The van der Waals surface area contributed by atoms with Gasteiger partial charge >= 0.3 is 5.97 Å². The van der Waals surface area contributed by atoms with Gasteiger partial charge in [-0.05, 0) is 56.9 Å². The van der Waals surface area contributed by atoms with Crippen molar-refractivity contribution in [3.63, 3.8) is 0 Å². The number of rotatable bonds is 5. The molecule has 0 spiro atoms. The van der Waals surface area contributed by atoms with Gasteiger partial charge in [-0.2, -0.15) is 0 Å². The lowest BCUT2D eigenvalue weighted by molar-refractivity contribution is -0.158. The van der Waals surface area contributed by atoms with E-state index in [4.69, 9.17) is 19.9 Å². The van der Waals surface area contributed by atoms with Crippen molar-refractivity contribution in [3.05, 3.63) is 30.1 Å². The van der Waals surface area contributed by atoms with Crippen LogP contribution in [0.25, 0.3) is 0 Å². The SMILES string of the molecule is CCCO[C@H]1CCC[C@H](N)C(=O)O[C@@H](C)[C@@H]1Oc1ccc(F)cc1. The zero-order chi connectivity index (χ0) is 17.5. The van der Waals surface area contributed by atoms with Crippen LogP contribution in [0.4, 0.5) is 4.39 Å². The van der Waals surface area contributed by atoms with Crippen molar-refractivity contribution < 1.29 is 23.4 Å². The molecule has 0 bridgehead atoms. The molecule has 1 saturated heterocycles. The Hall–Kier alpha value is -1.66. The average Bonchev–Trinajstić information content (AvgIpc) is 2.60. The average molecular weight is 339 g/mol. The Labute approximate surface area is 142 Å². The summed E-state index contributed by atoms with van der Waals surface area (Å²) in [7, 11) is 0. The Morgan fingerprint density at radius 1 is 1.29 bits per heavy atom. The topological polar surface area (TPSA) is 70.8 Å². The number of benzene rings is 1. The fourth-order valence-corrected chi connectivity index (χ4v) is 2.75. The number of ether oxygens (including phenoxy) is 3. The molecule has 1 aliphatic heterocycles. The van der Waals surface area contributed by atoms with Gasteiger partial charge in [0.25, 0.3) is 0 Å². The molecule has 1 aromatic rings. The van der Waals surface area contributed by atoms with Crippen LogP contribution in [0, 0.1) is 5.82 Å². The zero-order valence-electron chi connectivity index (χ0n) is 14.2. The van der Waals surface area contributed by atoms with Gasteiger partial charge in [-0.15, -0.1) is 0 Å². The summed E-state index contributed by atoms with van der Waals surface area (Å²) < 4.78 is 30.5. The maximum Gasteiger partial charge on any atom is 0.323 e. The number of esters is 1. The first-order valence-electron chi connectivity index (χ1n) is 8.51. The maximum atomic E-state index is 13.1. The minimum Gasteiger partial charge on any atom is -0.484 e. The van der Waals surface area contributed by atoms with E-state index in [1.807, 2.05) is 6.92 Å². The van der Waals surface area contributed by atoms with Crippen LogP contribution in [0.1, 0.15) is 39.5 Å². The molecule has 24 heavy (non-hydrogen) atoms. The number of nitrogens with two attached hydrogens (primary N) is 1. The number of carbonyl (C=O) groups excluding carboxylic acids is 1. The largest absolute Gasteiger partial charge is 0.484 e. The third-order valence-corrected chi connectivity index (χ3v) is 4.06. The van der Waals surface area contributed by atoms with Crippen molar-refractivity contribution in [2.75, 3.05) is 6.61 Å². The molecule has 1 aliphatic rings. The number of cyclic esters (lactones) is 1. The van der Waals surface area contributed by atoms with E-state index in [-0.39, 0.29) is 11.9 Å². The van der Waals surface area contributed by atoms with Crippen molar-refractivity contribution >= 4 is 5.97 Å². The highest BCUT2D eigenvalue weighted by Gasteiger charge is 2.34. The van der Waals surface area contributed by atoms with E-state index in [0.717, 1.165) is 19.3 Å². The molecule has 134 valence electrons. The number of hydrogen-bond donors (Lipinski definition) is 1. The Morgan fingerprint density at radius 3 is 2.67 bits per heavy atom. The molecule has 0 saturated carbocycles. The summed E-state index contributed by atoms with van der Waals surface area (Å²) in [4.78, 5) is 12.0. The van der Waals surface area contributed by atoms with E-state index < -0.39 is 24.2 Å². The Balaban J connectivity index is 2.19. The quantitative estimate of drug-likeness (QED) is 0.835. The standard InChI is InChI=1S/C18H26FNO4/c1-3-11-22-16-6-4-5-15(20)18(21)23-12(2)17(16)24-14-9-7-13(19)8-10-14/h7-10,12,15-17H,3-6,11,20H2,1-2H3/t12-,15-,16-,17-/m0/s1. The molecular weight excluding hydrogens is 313 g/mol. The van der Waals surface area contributed by atoms with Crippen LogP contribution in [0.15, 0.2) is 24.3 Å². The van der Waals surface area contributed by atoms with Crippen LogP contribution in [-0.4, -0.2) is 36.9 Å². The Kier molecular flexibility index (Phi) is 6.99. The van der Waals surface area contributed by atoms with Crippen LogP contribution >= 0.6 is 0 Å². The lowest BCUT2D eigenvalue weighted by atomic mass is 10.0. The van der Waals surface area contributed by atoms with E-state index >= 15 is 0 Å². The summed E-state index contributed by atoms with van der Waals surface area (Å²) in [5.41, 5.74) is 5.84. The summed E-state index contributed by atoms with van der Waals surface area (Å²) in [5, 5.41) is 0. The zero-order valence-corrected chi connectivity index (χ0v) is 14.2. The van der Waals surface area contributed by atoms with Gasteiger partial charge in [0.2, 0.25) is 0 Å². The molecule has 0 aliphatic carbocycles. The molecule has 0 unspecified atom stereocenters. The van der Waals surface area contributed by atoms with Crippen LogP contribution in [0.5, 0.6) is 5.75 Å². The summed E-state index contributed by atoms with van der Waals surface area (Å²) in [5.74, 6) is -0.245. The van der Waals surface area contributed by atoms with E-state index in [0.29, 0.717) is 18.8 Å². The number of halogens is 1. The van der Waals surface area contributed by atoms with Crippen molar-refractivity contribution in [1.29, 1.82) is 0 Å². The van der Waals surface area contributed by atoms with Gasteiger partial charge in [-0.25, -0.2) is 4.39 Å². The fourth-order valence-electron chi connectivity index (χ4n) is 2.75. The van der Waals surface area contributed by atoms with Crippen LogP contribution < -0.4 is 10.5 Å². The van der Waals surface area contributed by atoms with Crippen LogP contribution in [0.2, 0.25) is 0 Å². The fraction of sp³-hybridized carbons (Fsp3) is 0.611. The second-order valence-corrected chi connectivity index (χ2v) is 6.13. The van der Waals surface area contributed by atoms with Gasteiger partial charge in [-0.3, -0.25) is 4.79 Å². The van der Waals surface area contributed by atoms with Crippen LogP contribution in [-0.2, 0) is 14.3 Å². The lowest BCUT2D eigenvalue weighted by Gasteiger charge is -2.31. The van der Waals surface area contributed by atoms with Gasteiger partial charge in [-0.1, -0.05) is 6.92 Å². The van der Waals surface area contributed by atoms with Crippen molar-refractivity contribution in [1.82, 2.24) is 0 Å².